The fraction of sp³-hybridized carbons (Fsp3) is 0.192. The minimum atomic E-state index is -0.279. The molecule has 5 nitrogen and oxygen atoms in total. The van der Waals surface area contributed by atoms with Gasteiger partial charge in [0.05, 0.1) is 17.8 Å². The summed E-state index contributed by atoms with van der Waals surface area (Å²) in [4.78, 5) is 11.3. The monoisotopic (exact) mass is 457 g/mol. The molecule has 1 aliphatic rings. The van der Waals surface area contributed by atoms with E-state index >= 15 is 0 Å². The van der Waals surface area contributed by atoms with Gasteiger partial charge in [0, 0.05) is 29.5 Å². The lowest BCUT2D eigenvalue weighted by molar-refractivity contribution is 0.565. The Balaban J connectivity index is 1.68. The first kappa shape index (κ1) is 21.3. The Labute approximate surface area is 197 Å². The molecule has 166 valence electrons. The molecule has 0 unspecified atom stereocenters. The molecule has 7 heteroatoms. The average Bonchev–Trinajstić information content (AvgIpc) is 3.30. The van der Waals surface area contributed by atoms with Crippen LogP contribution in [0.15, 0.2) is 73.1 Å². The van der Waals surface area contributed by atoms with Gasteiger partial charge in [-0.15, -0.1) is 0 Å². The summed E-state index contributed by atoms with van der Waals surface area (Å²) in [6, 6.07) is 18.3. The van der Waals surface area contributed by atoms with Crippen LogP contribution in [0, 0.1) is 26.6 Å². The average molecular weight is 458 g/mol. The topological polar surface area (TPSA) is 46.0 Å². The number of hydrogen-bond donors (Lipinski definition) is 1. The van der Waals surface area contributed by atoms with Crippen molar-refractivity contribution in [3.8, 4) is 5.82 Å². The van der Waals surface area contributed by atoms with Gasteiger partial charge in [0.25, 0.3) is 0 Å². The van der Waals surface area contributed by atoms with Crippen LogP contribution in [0.4, 0.5) is 10.1 Å². The Morgan fingerprint density at radius 2 is 1.73 bits per heavy atom. The molecule has 5 rings (SSSR count). The summed E-state index contributed by atoms with van der Waals surface area (Å²) in [6.45, 7) is 6.25. The van der Waals surface area contributed by atoms with E-state index in [4.69, 9.17) is 12.2 Å². The minimum Gasteiger partial charge on any atom is -0.351 e. The van der Waals surface area contributed by atoms with Crippen LogP contribution in [0.25, 0.3) is 5.82 Å². The van der Waals surface area contributed by atoms with Gasteiger partial charge in [-0.1, -0.05) is 6.07 Å². The SMILES string of the molecule is Cc1ccnc(-n2c(C)cc([C@@H]3[C@@H](c4ccccn4)NC(=S)N3c3ccc(F)cc3)c2C)c1. The number of aromatic nitrogens is 3. The first-order valence-corrected chi connectivity index (χ1v) is 11.2. The van der Waals surface area contributed by atoms with Gasteiger partial charge < -0.3 is 14.8 Å². The molecule has 1 fully saturated rings. The van der Waals surface area contributed by atoms with Crippen molar-refractivity contribution in [3.63, 3.8) is 0 Å². The molecule has 1 aliphatic heterocycles. The summed E-state index contributed by atoms with van der Waals surface area (Å²) in [7, 11) is 0. The van der Waals surface area contributed by atoms with Crippen molar-refractivity contribution < 1.29 is 4.39 Å². The molecule has 0 spiro atoms. The number of pyridine rings is 2. The number of anilines is 1. The molecule has 4 heterocycles. The lowest BCUT2D eigenvalue weighted by Gasteiger charge is -2.28. The Hall–Kier alpha value is -3.58. The van der Waals surface area contributed by atoms with Crippen LogP contribution in [0.3, 0.4) is 0 Å². The smallest absolute Gasteiger partial charge is 0.174 e. The molecule has 4 aromatic rings. The van der Waals surface area contributed by atoms with E-state index < -0.39 is 0 Å². The minimum absolute atomic E-state index is 0.164. The second-order valence-corrected chi connectivity index (χ2v) is 8.71. The standard InChI is InChI=1S/C26H24FN5S/c1-16-11-13-29-23(14-16)31-17(2)15-21(18(31)3)25-24(22-6-4-5-12-28-22)30-26(33)32(25)20-9-7-19(27)8-10-20/h4-15,24-25H,1-3H3,(H,30,33)/t24-,25-/m1/s1. The van der Waals surface area contributed by atoms with Crippen molar-refractivity contribution in [1.82, 2.24) is 19.9 Å². The van der Waals surface area contributed by atoms with Crippen LogP contribution in [0.2, 0.25) is 0 Å². The highest BCUT2D eigenvalue weighted by atomic mass is 32.1. The first-order chi connectivity index (χ1) is 15.9. The summed E-state index contributed by atoms with van der Waals surface area (Å²) >= 11 is 5.78. The van der Waals surface area contributed by atoms with E-state index in [1.807, 2.05) is 30.5 Å². The van der Waals surface area contributed by atoms with Gasteiger partial charge in [0.1, 0.15) is 11.6 Å². The molecule has 3 aromatic heterocycles. The predicted octanol–water partition coefficient (Wildman–Crippen LogP) is 5.51. The second kappa shape index (κ2) is 8.41. The highest BCUT2D eigenvalue weighted by Gasteiger charge is 2.42. The molecule has 0 amide bonds. The van der Waals surface area contributed by atoms with E-state index in [9.17, 15) is 4.39 Å². The highest BCUT2D eigenvalue weighted by molar-refractivity contribution is 7.80. The van der Waals surface area contributed by atoms with Crippen LogP contribution < -0.4 is 10.2 Å². The van der Waals surface area contributed by atoms with Gasteiger partial charge in [-0.05, 0) is 98.7 Å². The Morgan fingerprint density at radius 3 is 2.42 bits per heavy atom. The van der Waals surface area contributed by atoms with Gasteiger partial charge in [0.15, 0.2) is 5.11 Å². The Kier molecular flexibility index (Phi) is 5.42. The fourth-order valence-corrected chi connectivity index (χ4v) is 4.98. The van der Waals surface area contributed by atoms with E-state index in [1.165, 1.54) is 12.1 Å². The summed E-state index contributed by atoms with van der Waals surface area (Å²) < 4.78 is 15.9. The van der Waals surface area contributed by atoms with Crippen molar-refractivity contribution in [1.29, 1.82) is 0 Å². The molecule has 1 aromatic carbocycles. The fourth-order valence-electron chi connectivity index (χ4n) is 4.63. The zero-order valence-corrected chi connectivity index (χ0v) is 19.5. The molecular weight excluding hydrogens is 433 g/mol. The van der Waals surface area contributed by atoms with Crippen molar-refractivity contribution in [2.75, 3.05) is 4.90 Å². The van der Waals surface area contributed by atoms with Crippen LogP contribution >= 0.6 is 12.2 Å². The third-order valence-corrected chi connectivity index (χ3v) is 6.44. The van der Waals surface area contributed by atoms with Crippen LogP contribution in [-0.2, 0) is 0 Å². The third kappa shape index (κ3) is 3.78. The largest absolute Gasteiger partial charge is 0.351 e. The molecule has 0 bridgehead atoms. The maximum absolute atomic E-state index is 13.7. The first-order valence-electron chi connectivity index (χ1n) is 10.8. The molecular formula is C26H24FN5S. The zero-order valence-electron chi connectivity index (χ0n) is 18.7. The Morgan fingerprint density at radius 1 is 0.939 bits per heavy atom. The van der Waals surface area contributed by atoms with E-state index in [-0.39, 0.29) is 17.9 Å². The third-order valence-electron chi connectivity index (χ3n) is 6.12. The van der Waals surface area contributed by atoms with E-state index in [2.05, 4.69) is 57.7 Å². The van der Waals surface area contributed by atoms with Crippen LogP contribution in [0.5, 0.6) is 0 Å². The number of rotatable bonds is 4. The van der Waals surface area contributed by atoms with Crippen molar-refractivity contribution >= 4 is 23.0 Å². The van der Waals surface area contributed by atoms with Crippen molar-refractivity contribution in [3.05, 3.63) is 107 Å². The van der Waals surface area contributed by atoms with Gasteiger partial charge in [-0.25, -0.2) is 9.37 Å². The number of halogens is 1. The highest BCUT2D eigenvalue weighted by Crippen LogP contribution is 2.43. The number of thiocarbonyl (C=S) groups is 1. The molecule has 0 saturated carbocycles. The van der Waals surface area contributed by atoms with Crippen LogP contribution in [0.1, 0.15) is 40.3 Å². The summed E-state index contributed by atoms with van der Waals surface area (Å²) in [6.07, 6.45) is 3.62. The zero-order chi connectivity index (χ0) is 23.1. The van der Waals surface area contributed by atoms with Gasteiger partial charge in [0.2, 0.25) is 0 Å². The summed E-state index contributed by atoms with van der Waals surface area (Å²) in [5.41, 5.74) is 6.15. The quantitative estimate of drug-likeness (QED) is 0.410. The molecule has 1 saturated heterocycles. The van der Waals surface area contributed by atoms with Gasteiger partial charge >= 0.3 is 0 Å². The van der Waals surface area contributed by atoms with Crippen molar-refractivity contribution in [2.45, 2.75) is 32.9 Å². The molecule has 0 radical (unpaired) electrons. The summed E-state index contributed by atoms with van der Waals surface area (Å²) in [5, 5.41) is 4.05. The lowest BCUT2D eigenvalue weighted by Crippen LogP contribution is -2.29. The van der Waals surface area contributed by atoms with E-state index in [0.29, 0.717) is 5.11 Å². The van der Waals surface area contributed by atoms with E-state index in [1.54, 1.807) is 18.3 Å². The van der Waals surface area contributed by atoms with Gasteiger partial charge in [-0.2, -0.15) is 0 Å². The number of benzene rings is 1. The maximum atomic E-state index is 13.7. The second-order valence-electron chi connectivity index (χ2n) is 8.33. The Bertz CT molecular complexity index is 1320. The summed E-state index contributed by atoms with van der Waals surface area (Å²) in [5.74, 6) is 0.603. The number of nitrogens with one attached hydrogen (secondary N) is 1. The molecule has 33 heavy (non-hydrogen) atoms. The number of aryl methyl sites for hydroxylation is 2. The predicted molar refractivity (Wildman–Crippen MR) is 132 cm³/mol. The molecule has 1 N–H and O–H groups in total. The van der Waals surface area contributed by atoms with Gasteiger partial charge in [-0.3, -0.25) is 4.98 Å². The molecule has 0 aliphatic carbocycles. The number of hydrogen-bond acceptors (Lipinski definition) is 3. The van der Waals surface area contributed by atoms with Crippen molar-refractivity contribution in [2.24, 2.45) is 0 Å². The molecule has 2 atom stereocenters. The maximum Gasteiger partial charge on any atom is 0.174 e. The normalized spacial score (nSPS) is 17.9. The lowest BCUT2D eigenvalue weighted by atomic mass is 9.96. The number of nitrogens with zero attached hydrogens (tertiary/aromatic N) is 4. The van der Waals surface area contributed by atoms with Crippen LogP contribution in [-0.4, -0.2) is 19.6 Å². The van der Waals surface area contributed by atoms with E-state index in [0.717, 1.165) is 39.7 Å².